The van der Waals surface area contributed by atoms with Gasteiger partial charge in [-0.05, 0) is 77.0 Å². The molecule has 0 rings (SSSR count). The summed E-state index contributed by atoms with van der Waals surface area (Å²) in [4.78, 5) is 25.5. The van der Waals surface area contributed by atoms with E-state index in [1.165, 1.54) is 205 Å². The first kappa shape index (κ1) is 62.1. The second-order valence-corrected chi connectivity index (χ2v) is 19.2. The van der Waals surface area contributed by atoms with Crippen molar-refractivity contribution in [1.29, 1.82) is 0 Å². The lowest BCUT2D eigenvalue weighted by atomic mass is 10.0. The topological polar surface area (TPSA) is 61.8 Å². The number of hydrogen-bond acceptors (Lipinski definition) is 5. The zero-order valence-electron chi connectivity index (χ0n) is 43.3. The van der Waals surface area contributed by atoms with Crippen molar-refractivity contribution in [3.05, 3.63) is 36.5 Å². The molecule has 0 heterocycles. The third-order valence-corrected chi connectivity index (χ3v) is 12.6. The molecular weight excluding hydrogens is 789 g/mol. The molecule has 0 amide bonds. The monoisotopic (exact) mass is 899 g/mol. The van der Waals surface area contributed by atoms with Crippen molar-refractivity contribution in [3.63, 3.8) is 0 Å². The lowest BCUT2D eigenvalue weighted by molar-refractivity contribution is -0.163. The quantitative estimate of drug-likeness (QED) is 0.0346. The summed E-state index contributed by atoms with van der Waals surface area (Å²) in [6, 6.07) is 0. The maximum absolute atomic E-state index is 12.8. The van der Waals surface area contributed by atoms with Crippen LogP contribution in [0.15, 0.2) is 36.5 Å². The minimum Gasteiger partial charge on any atom is -0.462 e. The van der Waals surface area contributed by atoms with E-state index in [-0.39, 0.29) is 25.2 Å². The van der Waals surface area contributed by atoms with E-state index < -0.39 is 6.10 Å². The number of rotatable bonds is 53. The summed E-state index contributed by atoms with van der Waals surface area (Å²) >= 11 is 0. The molecule has 0 aliphatic carbocycles. The Morgan fingerprint density at radius 2 is 0.656 bits per heavy atom. The Kier molecular flexibility index (Phi) is 53.8. The van der Waals surface area contributed by atoms with Crippen molar-refractivity contribution in [1.82, 2.24) is 0 Å². The third kappa shape index (κ3) is 52.7. The van der Waals surface area contributed by atoms with Gasteiger partial charge in [-0.15, -0.1) is 0 Å². The largest absolute Gasteiger partial charge is 0.462 e. The fourth-order valence-electron chi connectivity index (χ4n) is 8.36. The Hall–Kier alpha value is -1.88. The van der Waals surface area contributed by atoms with Crippen LogP contribution in [0.25, 0.3) is 0 Å². The highest BCUT2D eigenvalue weighted by Crippen LogP contribution is 2.16. The molecule has 376 valence electrons. The SMILES string of the molecule is CCCCC/C=C\C/C=C\CCCCCCCC(=O)OCC(COCCCCCCCCCCCCCCCCCCCC)OC(=O)CCCCCCC/C=C\CCCCCCCC. The van der Waals surface area contributed by atoms with Crippen LogP contribution in [0.3, 0.4) is 0 Å². The van der Waals surface area contributed by atoms with Gasteiger partial charge in [0.05, 0.1) is 6.61 Å². The molecule has 0 aliphatic rings. The van der Waals surface area contributed by atoms with Gasteiger partial charge in [0.25, 0.3) is 0 Å². The van der Waals surface area contributed by atoms with Crippen LogP contribution in [0.1, 0.15) is 303 Å². The molecule has 64 heavy (non-hydrogen) atoms. The van der Waals surface area contributed by atoms with Gasteiger partial charge in [-0.1, -0.05) is 250 Å². The number of carbonyl (C=O) groups is 2. The molecule has 0 spiro atoms. The molecule has 0 radical (unpaired) electrons. The lowest BCUT2D eigenvalue weighted by Crippen LogP contribution is -2.30. The van der Waals surface area contributed by atoms with Crippen molar-refractivity contribution >= 4 is 11.9 Å². The Morgan fingerprint density at radius 3 is 1.08 bits per heavy atom. The van der Waals surface area contributed by atoms with E-state index in [2.05, 4.69) is 57.2 Å². The Labute approximate surface area is 400 Å². The molecule has 0 aromatic carbocycles. The minimum atomic E-state index is -0.542. The number of unbranched alkanes of at least 4 members (excludes halogenated alkanes) is 36. The summed E-state index contributed by atoms with van der Waals surface area (Å²) < 4.78 is 17.5. The maximum Gasteiger partial charge on any atom is 0.306 e. The molecule has 0 aromatic rings. The molecule has 1 atom stereocenters. The van der Waals surface area contributed by atoms with Crippen molar-refractivity contribution < 1.29 is 23.8 Å². The van der Waals surface area contributed by atoms with E-state index in [0.29, 0.717) is 19.4 Å². The van der Waals surface area contributed by atoms with E-state index in [0.717, 1.165) is 64.2 Å². The van der Waals surface area contributed by atoms with Gasteiger partial charge in [0.1, 0.15) is 6.61 Å². The van der Waals surface area contributed by atoms with Crippen molar-refractivity contribution in [2.24, 2.45) is 0 Å². The first-order valence-electron chi connectivity index (χ1n) is 28.5. The molecule has 0 aliphatic heterocycles. The Bertz CT molecular complexity index is 1020. The molecule has 0 fully saturated rings. The van der Waals surface area contributed by atoms with Gasteiger partial charge < -0.3 is 14.2 Å². The van der Waals surface area contributed by atoms with Gasteiger partial charge in [0, 0.05) is 19.4 Å². The summed E-state index contributed by atoms with van der Waals surface area (Å²) in [7, 11) is 0. The smallest absolute Gasteiger partial charge is 0.306 e. The number of esters is 2. The molecule has 0 saturated heterocycles. The van der Waals surface area contributed by atoms with Gasteiger partial charge in [-0.2, -0.15) is 0 Å². The maximum atomic E-state index is 12.8. The van der Waals surface area contributed by atoms with Crippen LogP contribution in [-0.4, -0.2) is 37.9 Å². The Morgan fingerprint density at radius 1 is 0.344 bits per heavy atom. The molecule has 0 saturated carbocycles. The third-order valence-electron chi connectivity index (χ3n) is 12.6. The van der Waals surface area contributed by atoms with E-state index in [1.54, 1.807) is 0 Å². The summed E-state index contributed by atoms with van der Waals surface area (Å²) in [5, 5.41) is 0. The molecule has 0 aromatic heterocycles. The molecule has 5 nitrogen and oxygen atoms in total. The second-order valence-electron chi connectivity index (χ2n) is 19.2. The van der Waals surface area contributed by atoms with Crippen LogP contribution < -0.4 is 0 Å². The van der Waals surface area contributed by atoms with Gasteiger partial charge in [0.2, 0.25) is 0 Å². The molecule has 1 unspecified atom stereocenters. The number of hydrogen-bond donors (Lipinski definition) is 0. The summed E-state index contributed by atoms with van der Waals surface area (Å²) in [5.74, 6) is -0.406. The molecule has 5 heteroatoms. The van der Waals surface area contributed by atoms with Gasteiger partial charge in [-0.25, -0.2) is 0 Å². The fraction of sp³-hybridized carbons (Fsp3) is 0.864. The van der Waals surface area contributed by atoms with Crippen molar-refractivity contribution in [2.45, 2.75) is 309 Å². The van der Waals surface area contributed by atoms with E-state index >= 15 is 0 Å². The summed E-state index contributed by atoms with van der Waals surface area (Å²) in [6.07, 6.45) is 67.3. The summed E-state index contributed by atoms with van der Waals surface area (Å²) in [6.45, 7) is 7.83. The van der Waals surface area contributed by atoms with Crippen LogP contribution in [0.2, 0.25) is 0 Å². The van der Waals surface area contributed by atoms with Crippen LogP contribution in [0.5, 0.6) is 0 Å². The molecule has 0 bridgehead atoms. The van der Waals surface area contributed by atoms with Crippen LogP contribution in [0, 0.1) is 0 Å². The minimum absolute atomic E-state index is 0.0797. The van der Waals surface area contributed by atoms with E-state index in [1.807, 2.05) is 0 Å². The first-order valence-corrected chi connectivity index (χ1v) is 28.5. The predicted molar refractivity (Wildman–Crippen MR) is 279 cm³/mol. The van der Waals surface area contributed by atoms with E-state index in [4.69, 9.17) is 14.2 Å². The molecular formula is C59H110O5. The molecule has 0 N–H and O–H groups in total. The lowest BCUT2D eigenvalue weighted by Gasteiger charge is -2.18. The van der Waals surface area contributed by atoms with Gasteiger partial charge >= 0.3 is 11.9 Å². The van der Waals surface area contributed by atoms with Gasteiger partial charge in [0.15, 0.2) is 6.10 Å². The zero-order valence-corrected chi connectivity index (χ0v) is 43.3. The van der Waals surface area contributed by atoms with Crippen LogP contribution in [0.4, 0.5) is 0 Å². The zero-order chi connectivity index (χ0) is 46.3. The first-order chi connectivity index (χ1) is 31.6. The highest BCUT2D eigenvalue weighted by molar-refractivity contribution is 5.70. The van der Waals surface area contributed by atoms with Crippen molar-refractivity contribution in [3.8, 4) is 0 Å². The normalized spacial score (nSPS) is 12.4. The number of allylic oxidation sites excluding steroid dienone is 6. The average Bonchev–Trinajstić information content (AvgIpc) is 3.30. The van der Waals surface area contributed by atoms with Crippen LogP contribution >= 0.6 is 0 Å². The highest BCUT2D eigenvalue weighted by atomic mass is 16.6. The highest BCUT2D eigenvalue weighted by Gasteiger charge is 2.17. The second kappa shape index (κ2) is 55.4. The number of ether oxygens (including phenoxy) is 3. The summed E-state index contributed by atoms with van der Waals surface area (Å²) in [5.41, 5.74) is 0. The average molecular weight is 900 g/mol. The van der Waals surface area contributed by atoms with Crippen molar-refractivity contribution in [2.75, 3.05) is 19.8 Å². The van der Waals surface area contributed by atoms with E-state index in [9.17, 15) is 9.59 Å². The predicted octanol–water partition coefficient (Wildman–Crippen LogP) is 19.4. The van der Waals surface area contributed by atoms with Gasteiger partial charge in [-0.3, -0.25) is 9.59 Å². The van der Waals surface area contributed by atoms with Crippen LogP contribution in [-0.2, 0) is 23.8 Å². The Balaban J connectivity index is 4.25. The standard InChI is InChI=1S/C59H110O5/c1-4-7-10-13-16-19-22-25-28-29-30-33-36-39-42-45-48-51-54-62-55-57(64-59(61)53-50-47-44-41-38-35-32-27-24-21-18-15-12-9-6-3)56-63-58(60)52-49-46-43-40-37-34-31-26-23-20-17-14-11-8-5-2/h17,20,26-27,31-32,57H,4-16,18-19,21-25,28-30,33-56H2,1-3H3/b20-17-,31-26-,32-27-. The fourth-order valence-corrected chi connectivity index (χ4v) is 8.36. The number of carbonyl (C=O) groups excluding carboxylic acids is 2.